The lowest BCUT2D eigenvalue weighted by Crippen LogP contribution is -2.45. The van der Waals surface area contributed by atoms with E-state index in [-0.39, 0.29) is 18.4 Å². The molecule has 0 fully saturated rings. The lowest BCUT2D eigenvalue weighted by molar-refractivity contribution is -0.140. The standard InChI is InChI=1S/C15H21ClN2O4/c1-4-9(2)14(15(20)21)17-8-13(19)18-11-7-10(16)5-6-12(11)22-3/h5-7,9,14,17H,4,8H2,1-3H3,(H,18,19)(H,20,21)/t9-,14-/m0/s1. The highest BCUT2D eigenvalue weighted by Gasteiger charge is 2.23. The molecule has 22 heavy (non-hydrogen) atoms. The van der Waals surface area contributed by atoms with Crippen LogP contribution >= 0.6 is 11.6 Å². The van der Waals surface area contributed by atoms with Gasteiger partial charge in [0.1, 0.15) is 11.8 Å². The van der Waals surface area contributed by atoms with Crippen LogP contribution in [-0.2, 0) is 9.59 Å². The fraction of sp³-hybridized carbons (Fsp3) is 0.467. The second-order valence-corrected chi connectivity index (χ2v) is 5.41. The topological polar surface area (TPSA) is 87.7 Å². The molecule has 122 valence electrons. The van der Waals surface area contributed by atoms with E-state index in [0.29, 0.717) is 22.9 Å². The number of nitrogens with one attached hydrogen (secondary N) is 2. The van der Waals surface area contributed by atoms with Crippen molar-refractivity contribution in [1.82, 2.24) is 5.32 Å². The lowest BCUT2D eigenvalue weighted by atomic mass is 9.99. The van der Waals surface area contributed by atoms with Crippen LogP contribution in [0, 0.1) is 5.92 Å². The number of hydrogen-bond donors (Lipinski definition) is 3. The van der Waals surface area contributed by atoms with Crippen molar-refractivity contribution in [3.05, 3.63) is 23.2 Å². The second-order valence-electron chi connectivity index (χ2n) is 4.98. The van der Waals surface area contributed by atoms with Crippen LogP contribution in [0.1, 0.15) is 20.3 Å². The fourth-order valence-corrected chi connectivity index (χ4v) is 2.11. The Morgan fingerprint density at radius 3 is 2.64 bits per heavy atom. The van der Waals surface area contributed by atoms with Crippen LogP contribution in [0.2, 0.25) is 5.02 Å². The summed E-state index contributed by atoms with van der Waals surface area (Å²) in [6, 6.07) is 4.10. The van der Waals surface area contributed by atoms with E-state index in [2.05, 4.69) is 10.6 Å². The zero-order valence-electron chi connectivity index (χ0n) is 12.9. The summed E-state index contributed by atoms with van der Waals surface area (Å²) in [7, 11) is 1.49. The summed E-state index contributed by atoms with van der Waals surface area (Å²) in [5, 5.41) is 15.0. The van der Waals surface area contributed by atoms with Gasteiger partial charge in [0.2, 0.25) is 5.91 Å². The van der Waals surface area contributed by atoms with E-state index in [4.69, 9.17) is 21.4 Å². The maximum Gasteiger partial charge on any atom is 0.320 e. The summed E-state index contributed by atoms with van der Waals surface area (Å²) in [5.74, 6) is -0.932. The van der Waals surface area contributed by atoms with Crippen molar-refractivity contribution < 1.29 is 19.4 Å². The molecule has 0 heterocycles. The number of ether oxygens (including phenoxy) is 1. The van der Waals surface area contributed by atoms with Gasteiger partial charge in [0.05, 0.1) is 19.3 Å². The molecule has 1 amide bonds. The fourth-order valence-electron chi connectivity index (χ4n) is 1.94. The molecule has 0 saturated carbocycles. The monoisotopic (exact) mass is 328 g/mol. The summed E-state index contributed by atoms with van der Waals surface area (Å²) in [4.78, 5) is 23.1. The molecule has 2 atom stereocenters. The van der Waals surface area contributed by atoms with Gasteiger partial charge in [0.25, 0.3) is 0 Å². The van der Waals surface area contributed by atoms with Crippen molar-refractivity contribution in [2.75, 3.05) is 19.0 Å². The zero-order valence-corrected chi connectivity index (χ0v) is 13.6. The van der Waals surface area contributed by atoms with Crippen LogP contribution < -0.4 is 15.4 Å². The molecule has 1 aromatic rings. The molecule has 0 radical (unpaired) electrons. The van der Waals surface area contributed by atoms with Crippen LogP contribution in [-0.4, -0.2) is 36.7 Å². The number of rotatable bonds is 8. The summed E-state index contributed by atoms with van der Waals surface area (Å²) < 4.78 is 5.13. The Kier molecular flexibility index (Phi) is 7.14. The first-order valence-electron chi connectivity index (χ1n) is 6.98. The Balaban J connectivity index is 2.66. The molecule has 0 unspecified atom stereocenters. The quantitative estimate of drug-likeness (QED) is 0.682. The van der Waals surface area contributed by atoms with Gasteiger partial charge in [0, 0.05) is 5.02 Å². The molecule has 0 aliphatic rings. The van der Waals surface area contributed by atoms with Crippen LogP contribution in [0.5, 0.6) is 5.75 Å². The molecule has 6 nitrogen and oxygen atoms in total. The van der Waals surface area contributed by atoms with Crippen molar-refractivity contribution in [1.29, 1.82) is 0 Å². The third-order valence-corrected chi connectivity index (χ3v) is 3.63. The number of carboxylic acid groups (broad SMARTS) is 1. The van der Waals surface area contributed by atoms with E-state index in [9.17, 15) is 9.59 Å². The Bertz CT molecular complexity index is 536. The highest BCUT2D eigenvalue weighted by molar-refractivity contribution is 6.31. The molecular formula is C15H21ClN2O4. The Hall–Kier alpha value is -1.79. The molecule has 0 aliphatic carbocycles. The molecule has 7 heteroatoms. The minimum absolute atomic E-state index is 0.0778. The highest BCUT2D eigenvalue weighted by atomic mass is 35.5. The van der Waals surface area contributed by atoms with Crippen LogP contribution in [0.15, 0.2) is 18.2 Å². The Morgan fingerprint density at radius 1 is 1.41 bits per heavy atom. The van der Waals surface area contributed by atoms with Gasteiger partial charge in [-0.15, -0.1) is 0 Å². The highest BCUT2D eigenvalue weighted by Crippen LogP contribution is 2.27. The molecule has 1 aromatic carbocycles. The molecule has 0 bridgehead atoms. The van der Waals surface area contributed by atoms with Gasteiger partial charge in [-0.05, 0) is 24.1 Å². The molecule has 0 aromatic heterocycles. The summed E-state index contributed by atoms with van der Waals surface area (Å²) in [6.07, 6.45) is 0.702. The molecule has 1 rings (SSSR count). The van der Waals surface area contributed by atoms with Crippen molar-refractivity contribution in [3.8, 4) is 5.75 Å². The van der Waals surface area contributed by atoms with Gasteiger partial charge in [0.15, 0.2) is 0 Å². The van der Waals surface area contributed by atoms with Gasteiger partial charge >= 0.3 is 5.97 Å². The minimum Gasteiger partial charge on any atom is -0.495 e. The smallest absolute Gasteiger partial charge is 0.320 e. The lowest BCUT2D eigenvalue weighted by Gasteiger charge is -2.20. The number of hydrogen-bond acceptors (Lipinski definition) is 4. The Labute approximate surface area is 134 Å². The maximum atomic E-state index is 12.0. The first kappa shape index (κ1) is 18.3. The number of carbonyl (C=O) groups excluding carboxylic acids is 1. The van der Waals surface area contributed by atoms with Gasteiger partial charge in [-0.3, -0.25) is 14.9 Å². The zero-order chi connectivity index (χ0) is 16.7. The number of anilines is 1. The number of carbonyl (C=O) groups is 2. The van der Waals surface area contributed by atoms with Crippen molar-refractivity contribution in [2.45, 2.75) is 26.3 Å². The van der Waals surface area contributed by atoms with E-state index in [1.165, 1.54) is 7.11 Å². The summed E-state index contributed by atoms with van der Waals surface area (Å²) in [5.41, 5.74) is 0.442. The summed E-state index contributed by atoms with van der Waals surface area (Å²) >= 11 is 5.89. The number of aliphatic carboxylic acids is 1. The number of methoxy groups -OCH3 is 1. The van der Waals surface area contributed by atoms with Gasteiger partial charge < -0.3 is 15.2 Å². The van der Waals surface area contributed by atoms with E-state index < -0.39 is 12.0 Å². The van der Waals surface area contributed by atoms with Crippen molar-refractivity contribution in [2.24, 2.45) is 5.92 Å². The molecular weight excluding hydrogens is 308 g/mol. The van der Waals surface area contributed by atoms with E-state index >= 15 is 0 Å². The van der Waals surface area contributed by atoms with Crippen LogP contribution in [0.3, 0.4) is 0 Å². The van der Waals surface area contributed by atoms with Gasteiger partial charge in [-0.1, -0.05) is 31.9 Å². The molecule has 3 N–H and O–H groups in total. The average Bonchev–Trinajstić information content (AvgIpc) is 2.47. The number of halogens is 1. The SMILES string of the molecule is CC[C@H](C)[C@H](NCC(=O)Nc1cc(Cl)ccc1OC)C(=O)O. The van der Waals surface area contributed by atoms with Crippen LogP contribution in [0.25, 0.3) is 0 Å². The van der Waals surface area contributed by atoms with Crippen molar-refractivity contribution in [3.63, 3.8) is 0 Å². The van der Waals surface area contributed by atoms with Crippen molar-refractivity contribution >= 4 is 29.2 Å². The van der Waals surface area contributed by atoms with Gasteiger partial charge in [-0.25, -0.2) is 0 Å². The van der Waals surface area contributed by atoms with Crippen LogP contribution in [0.4, 0.5) is 5.69 Å². The number of benzene rings is 1. The van der Waals surface area contributed by atoms with E-state index in [0.717, 1.165) is 0 Å². The Morgan fingerprint density at radius 2 is 2.09 bits per heavy atom. The maximum absolute atomic E-state index is 12.0. The molecule has 0 saturated heterocycles. The normalized spacial score (nSPS) is 13.3. The molecule has 0 spiro atoms. The third kappa shape index (κ3) is 5.20. The molecule has 0 aliphatic heterocycles. The van der Waals surface area contributed by atoms with E-state index in [1.54, 1.807) is 18.2 Å². The number of amides is 1. The third-order valence-electron chi connectivity index (χ3n) is 3.40. The first-order valence-corrected chi connectivity index (χ1v) is 7.36. The summed E-state index contributed by atoms with van der Waals surface area (Å²) in [6.45, 7) is 3.61. The average molecular weight is 329 g/mol. The van der Waals surface area contributed by atoms with E-state index in [1.807, 2.05) is 13.8 Å². The first-order chi connectivity index (χ1) is 10.4. The number of carboxylic acids is 1. The predicted octanol–water partition coefficient (Wildman–Crippen LogP) is 2.38. The second kappa shape index (κ2) is 8.60. The minimum atomic E-state index is -0.970. The predicted molar refractivity (Wildman–Crippen MR) is 85.5 cm³/mol. The van der Waals surface area contributed by atoms with Gasteiger partial charge in [-0.2, -0.15) is 0 Å². The largest absolute Gasteiger partial charge is 0.495 e.